The standard InChI is InChI=1S/C12H18N2O2/c1-7-12(16)10(9(6-15)5-14-7)11(13)8-3-2-4-8/h5,8,11,15-16H,2-4,6,13H2,1H3/t11-/m0/s1. The molecule has 1 aromatic rings. The van der Waals surface area contributed by atoms with Crippen LogP contribution in [-0.4, -0.2) is 15.2 Å². The zero-order chi connectivity index (χ0) is 11.7. The summed E-state index contributed by atoms with van der Waals surface area (Å²) in [7, 11) is 0. The highest BCUT2D eigenvalue weighted by Gasteiger charge is 2.29. The molecule has 16 heavy (non-hydrogen) atoms. The van der Waals surface area contributed by atoms with Gasteiger partial charge in [0.1, 0.15) is 5.75 Å². The van der Waals surface area contributed by atoms with Crippen LogP contribution in [0.5, 0.6) is 5.75 Å². The van der Waals surface area contributed by atoms with Gasteiger partial charge in [0, 0.05) is 23.4 Å². The lowest BCUT2D eigenvalue weighted by molar-refractivity contribution is 0.248. The predicted octanol–water partition coefficient (Wildman–Crippen LogP) is 1.39. The Hall–Kier alpha value is -1.13. The summed E-state index contributed by atoms with van der Waals surface area (Å²) in [6.45, 7) is 1.62. The van der Waals surface area contributed by atoms with Crippen LogP contribution in [0.25, 0.3) is 0 Å². The van der Waals surface area contributed by atoms with Crippen LogP contribution < -0.4 is 5.73 Å². The Bertz CT molecular complexity index is 389. The first-order chi connectivity index (χ1) is 7.65. The fourth-order valence-corrected chi connectivity index (χ4v) is 2.18. The number of rotatable bonds is 3. The van der Waals surface area contributed by atoms with Crippen LogP contribution in [0.15, 0.2) is 6.20 Å². The van der Waals surface area contributed by atoms with Crippen LogP contribution in [0.2, 0.25) is 0 Å². The largest absolute Gasteiger partial charge is 0.506 e. The minimum absolute atomic E-state index is 0.128. The lowest BCUT2D eigenvalue weighted by atomic mass is 9.76. The quantitative estimate of drug-likeness (QED) is 0.722. The van der Waals surface area contributed by atoms with Crippen molar-refractivity contribution in [2.75, 3.05) is 0 Å². The van der Waals surface area contributed by atoms with Crippen molar-refractivity contribution in [2.24, 2.45) is 11.7 Å². The van der Waals surface area contributed by atoms with E-state index in [1.807, 2.05) is 0 Å². The summed E-state index contributed by atoms with van der Waals surface area (Å²) in [6, 6.07) is -0.183. The topological polar surface area (TPSA) is 79.4 Å². The van der Waals surface area contributed by atoms with Gasteiger partial charge in [-0.05, 0) is 25.7 Å². The van der Waals surface area contributed by atoms with Crippen LogP contribution in [0.1, 0.15) is 42.1 Å². The highest BCUT2D eigenvalue weighted by atomic mass is 16.3. The van der Waals surface area contributed by atoms with Crippen molar-refractivity contribution in [3.63, 3.8) is 0 Å². The SMILES string of the molecule is Cc1ncc(CO)c([C@@H](N)C2CCC2)c1O. The third kappa shape index (κ3) is 1.79. The fourth-order valence-electron chi connectivity index (χ4n) is 2.18. The van der Waals surface area contributed by atoms with E-state index in [9.17, 15) is 10.2 Å². The van der Waals surface area contributed by atoms with Gasteiger partial charge >= 0.3 is 0 Å². The first-order valence-electron chi connectivity index (χ1n) is 5.69. The fraction of sp³-hybridized carbons (Fsp3) is 0.583. The van der Waals surface area contributed by atoms with Gasteiger partial charge in [-0.1, -0.05) is 6.42 Å². The number of hydrogen-bond donors (Lipinski definition) is 3. The van der Waals surface area contributed by atoms with Crippen molar-refractivity contribution in [3.05, 3.63) is 23.0 Å². The molecule has 2 rings (SSSR count). The second kappa shape index (κ2) is 4.39. The van der Waals surface area contributed by atoms with E-state index in [4.69, 9.17) is 5.73 Å². The van der Waals surface area contributed by atoms with Gasteiger partial charge in [0.05, 0.1) is 12.3 Å². The van der Waals surface area contributed by atoms with Crippen LogP contribution in [0, 0.1) is 12.8 Å². The molecule has 1 heterocycles. The van der Waals surface area contributed by atoms with Crippen LogP contribution in [0.4, 0.5) is 0 Å². The molecule has 0 amide bonds. The first-order valence-corrected chi connectivity index (χ1v) is 5.69. The molecule has 0 unspecified atom stereocenters. The molecule has 0 saturated heterocycles. The molecule has 1 saturated carbocycles. The maximum absolute atomic E-state index is 9.99. The van der Waals surface area contributed by atoms with Crippen molar-refractivity contribution >= 4 is 0 Å². The molecule has 4 nitrogen and oxygen atoms in total. The van der Waals surface area contributed by atoms with E-state index in [0.717, 1.165) is 12.8 Å². The Morgan fingerprint density at radius 3 is 2.75 bits per heavy atom. The minimum atomic E-state index is -0.183. The average Bonchev–Trinajstić information content (AvgIpc) is 2.19. The number of hydrogen-bond acceptors (Lipinski definition) is 4. The molecule has 0 aliphatic heterocycles. The zero-order valence-corrected chi connectivity index (χ0v) is 9.48. The molecule has 1 aromatic heterocycles. The number of nitrogens with two attached hydrogens (primary N) is 1. The van der Waals surface area contributed by atoms with Crippen molar-refractivity contribution in [1.82, 2.24) is 4.98 Å². The van der Waals surface area contributed by atoms with Crippen LogP contribution in [-0.2, 0) is 6.61 Å². The number of aromatic hydroxyl groups is 1. The number of aliphatic hydroxyl groups excluding tert-OH is 1. The lowest BCUT2D eigenvalue weighted by Gasteiger charge is -2.32. The molecule has 1 aliphatic rings. The molecule has 0 bridgehead atoms. The molecular formula is C12H18N2O2. The third-order valence-corrected chi connectivity index (χ3v) is 3.52. The molecule has 4 N–H and O–H groups in total. The van der Waals surface area contributed by atoms with Gasteiger partial charge in [-0.2, -0.15) is 0 Å². The van der Waals surface area contributed by atoms with Crippen molar-refractivity contribution < 1.29 is 10.2 Å². The van der Waals surface area contributed by atoms with E-state index in [2.05, 4.69) is 4.98 Å². The lowest BCUT2D eigenvalue weighted by Crippen LogP contribution is -2.28. The predicted molar refractivity (Wildman–Crippen MR) is 60.8 cm³/mol. The van der Waals surface area contributed by atoms with Gasteiger partial charge < -0.3 is 15.9 Å². The minimum Gasteiger partial charge on any atom is -0.506 e. The van der Waals surface area contributed by atoms with E-state index in [0.29, 0.717) is 22.7 Å². The van der Waals surface area contributed by atoms with Crippen molar-refractivity contribution in [1.29, 1.82) is 0 Å². The highest BCUT2D eigenvalue weighted by Crippen LogP contribution is 2.40. The average molecular weight is 222 g/mol. The van der Waals surface area contributed by atoms with Gasteiger partial charge in [0.25, 0.3) is 0 Å². The maximum Gasteiger partial charge on any atom is 0.141 e. The Kier molecular flexibility index (Phi) is 3.12. The van der Waals surface area contributed by atoms with E-state index in [-0.39, 0.29) is 18.4 Å². The van der Waals surface area contributed by atoms with E-state index in [1.165, 1.54) is 6.42 Å². The van der Waals surface area contributed by atoms with Crippen LogP contribution >= 0.6 is 0 Å². The van der Waals surface area contributed by atoms with Gasteiger partial charge in [0.2, 0.25) is 0 Å². The Labute approximate surface area is 95.1 Å². The number of aromatic nitrogens is 1. The summed E-state index contributed by atoms with van der Waals surface area (Å²) in [6.07, 6.45) is 5.01. The first kappa shape index (κ1) is 11.4. The van der Waals surface area contributed by atoms with Crippen LogP contribution in [0.3, 0.4) is 0 Å². The summed E-state index contributed by atoms with van der Waals surface area (Å²) in [5, 5.41) is 19.2. The Morgan fingerprint density at radius 1 is 1.56 bits per heavy atom. The molecule has 1 aliphatic carbocycles. The Morgan fingerprint density at radius 2 is 2.25 bits per heavy atom. The van der Waals surface area contributed by atoms with E-state index < -0.39 is 0 Å². The third-order valence-electron chi connectivity index (χ3n) is 3.52. The monoisotopic (exact) mass is 222 g/mol. The highest BCUT2D eigenvalue weighted by molar-refractivity contribution is 5.43. The molecule has 1 atom stereocenters. The second-order valence-electron chi connectivity index (χ2n) is 4.51. The molecular weight excluding hydrogens is 204 g/mol. The molecule has 0 spiro atoms. The molecule has 0 radical (unpaired) electrons. The van der Waals surface area contributed by atoms with Gasteiger partial charge in [-0.25, -0.2) is 0 Å². The summed E-state index contributed by atoms with van der Waals surface area (Å²) < 4.78 is 0. The second-order valence-corrected chi connectivity index (χ2v) is 4.51. The smallest absolute Gasteiger partial charge is 0.141 e. The summed E-state index contributed by atoms with van der Waals surface area (Å²) >= 11 is 0. The van der Waals surface area contributed by atoms with Crippen molar-refractivity contribution in [3.8, 4) is 5.75 Å². The number of pyridine rings is 1. The van der Waals surface area contributed by atoms with Gasteiger partial charge in [-0.3, -0.25) is 4.98 Å². The number of aliphatic hydroxyl groups is 1. The molecule has 0 aromatic carbocycles. The summed E-state index contributed by atoms with van der Waals surface area (Å²) in [5.41, 5.74) is 8.04. The number of aryl methyl sites for hydroxylation is 1. The van der Waals surface area contributed by atoms with Crippen molar-refractivity contribution in [2.45, 2.75) is 38.8 Å². The summed E-state index contributed by atoms with van der Waals surface area (Å²) in [4.78, 5) is 4.03. The number of nitrogens with zero attached hydrogens (tertiary/aromatic N) is 1. The molecule has 4 heteroatoms. The summed E-state index contributed by atoms with van der Waals surface area (Å²) in [5.74, 6) is 0.573. The molecule has 1 fully saturated rings. The van der Waals surface area contributed by atoms with E-state index >= 15 is 0 Å². The van der Waals surface area contributed by atoms with E-state index in [1.54, 1.807) is 13.1 Å². The van der Waals surface area contributed by atoms with Gasteiger partial charge in [0.15, 0.2) is 0 Å². The molecule has 88 valence electrons. The Balaban J connectivity index is 2.39. The van der Waals surface area contributed by atoms with Gasteiger partial charge in [-0.15, -0.1) is 0 Å². The normalized spacial score (nSPS) is 18.2. The zero-order valence-electron chi connectivity index (χ0n) is 9.48. The maximum atomic E-state index is 9.99.